The van der Waals surface area contributed by atoms with Gasteiger partial charge in [-0.1, -0.05) is 6.07 Å². The van der Waals surface area contributed by atoms with Gasteiger partial charge in [-0.3, -0.25) is 0 Å². The maximum absolute atomic E-state index is 13.7. The Kier molecular flexibility index (Phi) is 3.19. The molecule has 4 heteroatoms. The topological polar surface area (TPSA) is 55.5 Å². The third-order valence-corrected chi connectivity index (χ3v) is 2.01. The summed E-state index contributed by atoms with van der Waals surface area (Å²) in [7, 11) is 1.31. The molecule has 0 unspecified atom stereocenters. The second kappa shape index (κ2) is 4.06. The van der Waals surface area contributed by atoms with Crippen LogP contribution < -0.4 is 10.5 Å². The molecule has 0 atom stereocenters. The summed E-state index contributed by atoms with van der Waals surface area (Å²) >= 11 is 0. The van der Waals surface area contributed by atoms with Crippen molar-refractivity contribution >= 4 is 0 Å². The van der Waals surface area contributed by atoms with Crippen LogP contribution >= 0.6 is 0 Å². The van der Waals surface area contributed by atoms with Crippen LogP contribution in [-0.2, 0) is 6.42 Å². The molecule has 3 N–H and O–H groups in total. The average Bonchev–Trinajstić information content (AvgIpc) is 2.09. The zero-order chi connectivity index (χ0) is 11.6. The van der Waals surface area contributed by atoms with Crippen molar-refractivity contribution < 1.29 is 14.2 Å². The minimum absolute atomic E-state index is 0.128. The molecule has 1 aromatic rings. The number of benzene rings is 1. The highest BCUT2D eigenvalue weighted by atomic mass is 19.1. The monoisotopic (exact) mass is 213 g/mol. The van der Waals surface area contributed by atoms with Gasteiger partial charge in [-0.2, -0.15) is 0 Å². The van der Waals surface area contributed by atoms with E-state index in [0.29, 0.717) is 12.0 Å². The number of ether oxygens (including phenoxy) is 1. The molecule has 0 saturated heterocycles. The van der Waals surface area contributed by atoms with E-state index in [1.54, 1.807) is 0 Å². The lowest BCUT2D eigenvalue weighted by Crippen LogP contribution is -2.34. The van der Waals surface area contributed by atoms with Gasteiger partial charge < -0.3 is 15.6 Å². The summed E-state index contributed by atoms with van der Waals surface area (Å²) in [6.45, 7) is 3.62. The molecule has 3 nitrogen and oxygen atoms in total. The number of hydrogen-bond acceptors (Lipinski definition) is 3. The summed E-state index contributed by atoms with van der Waals surface area (Å²) < 4.78 is 18.5. The Morgan fingerprint density at radius 2 is 2.07 bits per heavy atom. The molecule has 1 rings (SSSR count). The van der Waals surface area contributed by atoms with Crippen molar-refractivity contribution in [2.75, 3.05) is 7.11 Å². The summed E-state index contributed by atoms with van der Waals surface area (Å²) in [6, 6.07) is 2.92. The summed E-state index contributed by atoms with van der Waals surface area (Å²) in [5.74, 6) is -0.874. The first kappa shape index (κ1) is 11.8. The van der Waals surface area contributed by atoms with E-state index in [-0.39, 0.29) is 11.5 Å². The van der Waals surface area contributed by atoms with Crippen LogP contribution in [0, 0.1) is 5.82 Å². The fraction of sp³-hybridized carbons (Fsp3) is 0.455. The Morgan fingerprint density at radius 3 is 2.53 bits per heavy atom. The third-order valence-electron chi connectivity index (χ3n) is 2.01. The van der Waals surface area contributed by atoms with E-state index < -0.39 is 11.4 Å². The highest BCUT2D eigenvalue weighted by molar-refractivity contribution is 5.43. The van der Waals surface area contributed by atoms with Gasteiger partial charge in [0.05, 0.1) is 7.11 Å². The van der Waals surface area contributed by atoms with Gasteiger partial charge >= 0.3 is 0 Å². The first-order valence-corrected chi connectivity index (χ1v) is 4.68. The van der Waals surface area contributed by atoms with Crippen molar-refractivity contribution in [3.05, 3.63) is 23.5 Å². The third kappa shape index (κ3) is 2.83. The molecule has 0 aliphatic heterocycles. The zero-order valence-corrected chi connectivity index (χ0v) is 9.17. The van der Waals surface area contributed by atoms with Gasteiger partial charge in [-0.15, -0.1) is 0 Å². The Bertz CT molecular complexity index is 358. The van der Waals surface area contributed by atoms with E-state index in [1.165, 1.54) is 19.2 Å². The zero-order valence-electron chi connectivity index (χ0n) is 9.17. The van der Waals surface area contributed by atoms with E-state index in [4.69, 9.17) is 10.5 Å². The van der Waals surface area contributed by atoms with Crippen LogP contribution in [0.15, 0.2) is 12.1 Å². The van der Waals surface area contributed by atoms with E-state index in [0.717, 1.165) is 0 Å². The summed E-state index contributed by atoms with van der Waals surface area (Å²) in [6.07, 6.45) is 0.384. The summed E-state index contributed by atoms with van der Waals surface area (Å²) in [5, 5.41) is 9.32. The number of rotatable bonds is 3. The number of hydrogen-bond donors (Lipinski definition) is 2. The molecule has 1 aromatic carbocycles. The SMILES string of the molecule is COc1c(O)ccc(CC(C)(C)N)c1F. The lowest BCUT2D eigenvalue weighted by atomic mass is 9.95. The number of aromatic hydroxyl groups is 1. The maximum atomic E-state index is 13.7. The van der Waals surface area contributed by atoms with E-state index in [2.05, 4.69) is 0 Å². The fourth-order valence-corrected chi connectivity index (χ4v) is 1.41. The molecule has 0 heterocycles. The molecule has 0 radical (unpaired) electrons. The standard InChI is InChI=1S/C11H16FNO2/c1-11(2,13)6-7-4-5-8(14)10(15-3)9(7)12/h4-5,14H,6,13H2,1-3H3. The van der Waals surface area contributed by atoms with Gasteiger partial charge in [0.15, 0.2) is 17.3 Å². The minimum Gasteiger partial charge on any atom is -0.504 e. The van der Waals surface area contributed by atoms with Gasteiger partial charge in [-0.25, -0.2) is 4.39 Å². The Labute approximate surface area is 88.7 Å². The Hall–Kier alpha value is -1.29. The van der Waals surface area contributed by atoms with Crippen LogP contribution in [0.1, 0.15) is 19.4 Å². The fourth-order valence-electron chi connectivity index (χ4n) is 1.41. The molecule has 0 spiro atoms. The lowest BCUT2D eigenvalue weighted by molar-refractivity contribution is 0.347. The van der Waals surface area contributed by atoms with Crippen molar-refractivity contribution in [3.63, 3.8) is 0 Å². The van der Waals surface area contributed by atoms with E-state index in [1.807, 2.05) is 13.8 Å². The second-order valence-corrected chi connectivity index (χ2v) is 4.26. The van der Waals surface area contributed by atoms with E-state index in [9.17, 15) is 9.50 Å². The highest BCUT2D eigenvalue weighted by Gasteiger charge is 2.19. The second-order valence-electron chi connectivity index (χ2n) is 4.26. The van der Waals surface area contributed by atoms with Crippen LogP contribution in [0.5, 0.6) is 11.5 Å². The molecule has 0 aliphatic carbocycles. The number of methoxy groups -OCH3 is 1. The Morgan fingerprint density at radius 1 is 1.47 bits per heavy atom. The predicted octanol–water partition coefficient (Wildman–Crippen LogP) is 1.82. The minimum atomic E-state index is -0.545. The smallest absolute Gasteiger partial charge is 0.196 e. The normalized spacial score (nSPS) is 11.5. The van der Waals surface area contributed by atoms with Gasteiger partial charge in [0, 0.05) is 5.54 Å². The largest absolute Gasteiger partial charge is 0.504 e. The molecule has 0 aromatic heterocycles. The average molecular weight is 213 g/mol. The summed E-state index contributed by atoms with van der Waals surface area (Å²) in [4.78, 5) is 0. The van der Waals surface area contributed by atoms with Gasteiger partial charge in [-0.05, 0) is 31.9 Å². The van der Waals surface area contributed by atoms with Gasteiger partial charge in [0.2, 0.25) is 0 Å². The van der Waals surface area contributed by atoms with Crippen molar-refractivity contribution in [2.24, 2.45) is 5.73 Å². The number of phenolic OH excluding ortho intramolecular Hbond substituents is 1. The van der Waals surface area contributed by atoms with Gasteiger partial charge in [0.1, 0.15) is 0 Å². The molecule has 0 saturated carbocycles. The lowest BCUT2D eigenvalue weighted by Gasteiger charge is -2.19. The van der Waals surface area contributed by atoms with Crippen LogP contribution in [0.3, 0.4) is 0 Å². The van der Waals surface area contributed by atoms with Crippen molar-refractivity contribution in [2.45, 2.75) is 25.8 Å². The molecule has 15 heavy (non-hydrogen) atoms. The number of nitrogens with two attached hydrogens (primary N) is 1. The molecule has 0 fully saturated rings. The van der Waals surface area contributed by atoms with Crippen LogP contribution in [0.4, 0.5) is 4.39 Å². The number of halogens is 1. The van der Waals surface area contributed by atoms with Crippen LogP contribution in [0.25, 0.3) is 0 Å². The van der Waals surface area contributed by atoms with Crippen molar-refractivity contribution in [3.8, 4) is 11.5 Å². The molecule has 0 amide bonds. The first-order chi connectivity index (χ1) is 6.85. The predicted molar refractivity (Wildman–Crippen MR) is 56.6 cm³/mol. The maximum Gasteiger partial charge on any atom is 0.196 e. The Balaban J connectivity index is 3.11. The molecule has 0 aliphatic rings. The molecular formula is C11H16FNO2. The van der Waals surface area contributed by atoms with Crippen molar-refractivity contribution in [1.29, 1.82) is 0 Å². The first-order valence-electron chi connectivity index (χ1n) is 4.68. The summed E-state index contributed by atoms with van der Waals surface area (Å²) in [5.41, 5.74) is 5.74. The van der Waals surface area contributed by atoms with Crippen LogP contribution in [0.2, 0.25) is 0 Å². The highest BCUT2D eigenvalue weighted by Crippen LogP contribution is 2.31. The molecule has 0 bridgehead atoms. The van der Waals surface area contributed by atoms with Crippen LogP contribution in [-0.4, -0.2) is 17.8 Å². The molecular weight excluding hydrogens is 197 g/mol. The van der Waals surface area contributed by atoms with Crippen molar-refractivity contribution in [1.82, 2.24) is 0 Å². The van der Waals surface area contributed by atoms with Gasteiger partial charge in [0.25, 0.3) is 0 Å². The number of phenols is 1. The quantitative estimate of drug-likeness (QED) is 0.805. The van der Waals surface area contributed by atoms with E-state index >= 15 is 0 Å². The molecule has 84 valence electrons.